The third-order valence-electron chi connectivity index (χ3n) is 4.65. The summed E-state index contributed by atoms with van der Waals surface area (Å²) in [5.74, 6) is 2.27. The third-order valence-corrected chi connectivity index (χ3v) is 6.81. The van der Waals surface area contributed by atoms with Crippen LogP contribution in [0.25, 0.3) is 0 Å². The van der Waals surface area contributed by atoms with E-state index in [0.717, 1.165) is 0 Å². The summed E-state index contributed by atoms with van der Waals surface area (Å²) in [6.45, 7) is 10.4. The van der Waals surface area contributed by atoms with Gasteiger partial charge in [-0.25, -0.2) is 9.46 Å². The van der Waals surface area contributed by atoms with Gasteiger partial charge in [-0.05, 0) is 34.6 Å². The minimum absolute atomic E-state index is 0.0584. The standard InChI is InChI=1S/C20H29N4O5P/c1-7-16-12-23(20(26)22-19(16)25)18-11-17(15(6)28-18)29-30(27-10-8-9-21)24(13(2)3)14(4)5/h1,12-15,17-18H,8,10-11H2,2-6H3,(H,22,25,26)/t15-,17?,18-,30?/m1/s1. The van der Waals surface area contributed by atoms with Crippen LogP contribution in [0.15, 0.2) is 15.8 Å². The Hall–Kier alpha value is -2.00. The highest BCUT2D eigenvalue weighted by atomic mass is 31.2. The van der Waals surface area contributed by atoms with Crippen LogP contribution in [0.4, 0.5) is 0 Å². The first-order valence-electron chi connectivity index (χ1n) is 9.92. The fraction of sp³-hybridized carbons (Fsp3) is 0.650. The Balaban J connectivity index is 2.22. The zero-order chi connectivity index (χ0) is 22.4. The molecule has 9 nitrogen and oxygen atoms in total. The summed E-state index contributed by atoms with van der Waals surface area (Å²) in [6, 6.07) is 2.42. The number of nitrogens with zero attached hydrogens (tertiary/aromatic N) is 3. The Kier molecular flexibility index (Phi) is 8.78. The molecule has 0 aromatic carbocycles. The molecule has 2 unspecified atom stereocenters. The molecular weight excluding hydrogens is 407 g/mol. The third kappa shape index (κ3) is 5.78. The lowest BCUT2D eigenvalue weighted by atomic mass is 10.2. The number of nitriles is 1. The van der Waals surface area contributed by atoms with Crippen molar-refractivity contribution in [3.05, 3.63) is 32.6 Å². The number of aromatic nitrogens is 2. The molecular formula is C20H29N4O5P. The van der Waals surface area contributed by atoms with Crippen molar-refractivity contribution in [3.8, 4) is 18.4 Å². The fourth-order valence-electron chi connectivity index (χ4n) is 3.30. The van der Waals surface area contributed by atoms with Crippen LogP contribution in [0.1, 0.15) is 59.3 Å². The van der Waals surface area contributed by atoms with Gasteiger partial charge in [0, 0.05) is 24.7 Å². The number of hydrogen-bond donors (Lipinski definition) is 1. The van der Waals surface area contributed by atoms with Crippen LogP contribution < -0.4 is 11.2 Å². The van der Waals surface area contributed by atoms with E-state index < -0.39 is 26.0 Å². The zero-order valence-electron chi connectivity index (χ0n) is 18.0. The van der Waals surface area contributed by atoms with Crippen molar-refractivity contribution in [2.24, 2.45) is 0 Å². The molecule has 0 saturated carbocycles. The van der Waals surface area contributed by atoms with Crippen LogP contribution in [-0.2, 0) is 13.8 Å². The molecule has 0 radical (unpaired) electrons. The first-order valence-corrected chi connectivity index (χ1v) is 11.0. The van der Waals surface area contributed by atoms with Crippen LogP contribution in [0.2, 0.25) is 0 Å². The lowest BCUT2D eigenvalue weighted by Crippen LogP contribution is -2.35. The predicted molar refractivity (Wildman–Crippen MR) is 114 cm³/mol. The number of nitrogens with one attached hydrogen (secondary N) is 1. The van der Waals surface area contributed by atoms with Gasteiger partial charge in [0.15, 0.2) is 0 Å². The highest BCUT2D eigenvalue weighted by Crippen LogP contribution is 2.49. The molecule has 1 N–H and O–H groups in total. The van der Waals surface area contributed by atoms with Crippen molar-refractivity contribution in [2.75, 3.05) is 6.61 Å². The average molecular weight is 436 g/mol. The molecule has 1 aromatic heterocycles. The predicted octanol–water partition coefficient (Wildman–Crippen LogP) is 2.49. The van der Waals surface area contributed by atoms with Gasteiger partial charge in [-0.3, -0.25) is 14.3 Å². The maximum absolute atomic E-state index is 12.3. The highest BCUT2D eigenvalue weighted by molar-refractivity contribution is 7.44. The Morgan fingerprint density at radius 3 is 2.63 bits per heavy atom. The van der Waals surface area contributed by atoms with Crippen LogP contribution in [0.5, 0.6) is 0 Å². The molecule has 0 spiro atoms. The second-order valence-electron chi connectivity index (χ2n) is 7.58. The van der Waals surface area contributed by atoms with Crippen LogP contribution >= 0.6 is 8.53 Å². The quantitative estimate of drug-likeness (QED) is 0.360. The Labute approximate surface area is 177 Å². The fourth-order valence-corrected chi connectivity index (χ4v) is 5.10. The van der Waals surface area contributed by atoms with E-state index in [0.29, 0.717) is 6.42 Å². The van der Waals surface area contributed by atoms with Gasteiger partial charge in [-0.1, -0.05) is 5.92 Å². The second kappa shape index (κ2) is 10.9. The first kappa shape index (κ1) is 24.3. The monoisotopic (exact) mass is 436 g/mol. The lowest BCUT2D eigenvalue weighted by molar-refractivity contribution is -0.00878. The van der Waals surface area contributed by atoms with Gasteiger partial charge in [0.05, 0.1) is 31.3 Å². The largest absolute Gasteiger partial charge is 0.352 e. The number of hydrogen-bond acceptors (Lipinski definition) is 7. The van der Waals surface area contributed by atoms with Crippen LogP contribution in [0, 0.1) is 23.7 Å². The van der Waals surface area contributed by atoms with E-state index in [1.54, 1.807) is 0 Å². The minimum atomic E-state index is -1.44. The molecule has 10 heteroatoms. The molecule has 0 bridgehead atoms. The molecule has 1 saturated heterocycles. The summed E-state index contributed by atoms with van der Waals surface area (Å²) in [4.78, 5) is 26.2. The summed E-state index contributed by atoms with van der Waals surface area (Å²) in [5, 5.41) is 8.84. The van der Waals surface area contributed by atoms with Gasteiger partial charge in [-0.2, -0.15) is 5.26 Å². The molecule has 4 atom stereocenters. The van der Waals surface area contributed by atoms with Crippen LogP contribution in [-0.4, -0.2) is 45.1 Å². The molecule has 164 valence electrons. The topological polar surface area (TPSA) is 110 Å². The molecule has 1 aliphatic heterocycles. The van der Waals surface area contributed by atoms with Crippen molar-refractivity contribution in [1.82, 2.24) is 14.2 Å². The average Bonchev–Trinajstić information content (AvgIpc) is 3.01. The Morgan fingerprint density at radius 2 is 2.07 bits per heavy atom. The summed E-state index contributed by atoms with van der Waals surface area (Å²) in [6.07, 6.45) is 6.07. The Bertz CT molecular complexity index is 905. The zero-order valence-corrected chi connectivity index (χ0v) is 18.9. The van der Waals surface area contributed by atoms with E-state index in [4.69, 9.17) is 25.5 Å². The van der Waals surface area contributed by atoms with Gasteiger partial charge < -0.3 is 13.8 Å². The SMILES string of the molecule is C#Cc1cn([C@H]2CC(OP(OCCC#N)N(C(C)C)C(C)C)[C@@H](C)O2)c(=O)[nH]c1=O. The summed E-state index contributed by atoms with van der Waals surface area (Å²) >= 11 is 0. The van der Waals surface area contributed by atoms with E-state index in [-0.39, 0.29) is 42.9 Å². The number of aromatic amines is 1. The number of ether oxygens (including phenoxy) is 1. The molecule has 1 fully saturated rings. The van der Waals surface area contributed by atoms with E-state index in [9.17, 15) is 9.59 Å². The summed E-state index contributed by atoms with van der Waals surface area (Å²) < 4.78 is 21.6. The van der Waals surface area contributed by atoms with Gasteiger partial charge in [0.25, 0.3) is 14.1 Å². The van der Waals surface area contributed by atoms with Gasteiger partial charge >= 0.3 is 5.69 Å². The maximum atomic E-state index is 12.3. The van der Waals surface area contributed by atoms with Gasteiger partial charge in [0.1, 0.15) is 11.8 Å². The number of terminal acetylenes is 1. The molecule has 0 aliphatic carbocycles. The van der Waals surface area contributed by atoms with Crippen LogP contribution in [0.3, 0.4) is 0 Å². The van der Waals surface area contributed by atoms with E-state index in [1.807, 2.05) is 6.92 Å². The normalized spacial score (nSPS) is 22.4. The lowest BCUT2D eigenvalue weighted by Gasteiger charge is -2.37. The van der Waals surface area contributed by atoms with Crippen molar-refractivity contribution in [3.63, 3.8) is 0 Å². The van der Waals surface area contributed by atoms with Crippen molar-refractivity contribution >= 4 is 8.53 Å². The van der Waals surface area contributed by atoms with Gasteiger partial charge in [-0.15, -0.1) is 6.42 Å². The number of rotatable bonds is 9. The minimum Gasteiger partial charge on any atom is -0.352 e. The number of H-pyrrole nitrogens is 1. The summed E-state index contributed by atoms with van der Waals surface area (Å²) in [7, 11) is -1.44. The first-order chi connectivity index (χ1) is 14.2. The molecule has 2 rings (SSSR count). The Morgan fingerprint density at radius 1 is 1.40 bits per heavy atom. The second-order valence-corrected chi connectivity index (χ2v) is 8.98. The molecule has 2 heterocycles. The molecule has 1 aliphatic rings. The molecule has 30 heavy (non-hydrogen) atoms. The smallest absolute Gasteiger partial charge is 0.330 e. The van der Waals surface area contributed by atoms with E-state index in [2.05, 4.69) is 49.3 Å². The van der Waals surface area contributed by atoms with Crippen molar-refractivity contribution in [2.45, 2.75) is 78.0 Å². The molecule has 1 aromatic rings. The summed E-state index contributed by atoms with van der Waals surface area (Å²) in [5.41, 5.74) is -1.13. The van der Waals surface area contributed by atoms with Crippen molar-refractivity contribution in [1.29, 1.82) is 5.26 Å². The van der Waals surface area contributed by atoms with E-state index in [1.165, 1.54) is 10.8 Å². The van der Waals surface area contributed by atoms with E-state index >= 15 is 0 Å². The maximum Gasteiger partial charge on any atom is 0.330 e. The molecule has 0 amide bonds. The highest BCUT2D eigenvalue weighted by Gasteiger charge is 2.39. The van der Waals surface area contributed by atoms with Crippen molar-refractivity contribution < 1.29 is 13.8 Å². The van der Waals surface area contributed by atoms with Gasteiger partial charge in [0.2, 0.25) is 0 Å².